The van der Waals surface area contributed by atoms with E-state index in [1.807, 2.05) is 24.3 Å². The molecule has 0 atom stereocenters. The van der Waals surface area contributed by atoms with Crippen LogP contribution in [-0.2, 0) is 0 Å². The monoisotopic (exact) mass is 354 g/mol. The highest BCUT2D eigenvalue weighted by Crippen LogP contribution is 2.32. The van der Waals surface area contributed by atoms with E-state index in [0.717, 1.165) is 36.4 Å². The maximum atomic E-state index is 12.3. The molecule has 1 aromatic carbocycles. The van der Waals surface area contributed by atoms with E-state index in [1.165, 1.54) is 12.5 Å². The lowest BCUT2D eigenvalue weighted by molar-refractivity contribution is 0.302. The van der Waals surface area contributed by atoms with Crippen molar-refractivity contribution in [2.75, 3.05) is 0 Å². The third-order valence-electron chi connectivity index (χ3n) is 4.72. The Labute approximate surface area is 148 Å². The van der Waals surface area contributed by atoms with Gasteiger partial charge in [0.15, 0.2) is 10.6 Å². The lowest BCUT2D eigenvalue weighted by Crippen LogP contribution is -2.21. The first-order valence-electron chi connectivity index (χ1n) is 8.45. The molecule has 0 bridgehead atoms. The van der Waals surface area contributed by atoms with Crippen molar-refractivity contribution < 1.29 is 5.11 Å². The highest BCUT2D eigenvalue weighted by molar-refractivity contribution is 7.71. The van der Waals surface area contributed by atoms with Crippen LogP contribution in [-0.4, -0.2) is 14.7 Å². The molecule has 6 nitrogen and oxygen atoms in total. The van der Waals surface area contributed by atoms with Crippen molar-refractivity contribution in [2.45, 2.75) is 38.1 Å². The molecule has 0 saturated heterocycles. The van der Waals surface area contributed by atoms with Crippen LogP contribution in [0.25, 0.3) is 6.08 Å². The van der Waals surface area contributed by atoms with E-state index in [1.54, 1.807) is 4.57 Å². The molecule has 1 saturated carbocycles. The molecule has 2 aromatic rings. The first-order chi connectivity index (χ1) is 12.1. The van der Waals surface area contributed by atoms with Gasteiger partial charge in [0.2, 0.25) is 5.88 Å². The average molecular weight is 354 g/mol. The number of benzene rings is 1. The highest BCUT2D eigenvalue weighted by atomic mass is 32.1. The maximum absolute atomic E-state index is 12.3. The van der Waals surface area contributed by atoms with Gasteiger partial charge in [-0.3, -0.25) is 14.3 Å². The summed E-state index contributed by atoms with van der Waals surface area (Å²) in [4.78, 5) is 23.8. The Morgan fingerprint density at radius 3 is 2.44 bits per heavy atom. The molecule has 1 aliphatic heterocycles. The van der Waals surface area contributed by atoms with Crippen molar-refractivity contribution >= 4 is 18.3 Å². The summed E-state index contributed by atoms with van der Waals surface area (Å²) in [5.41, 5.74) is -0.280. The van der Waals surface area contributed by atoms with Crippen molar-refractivity contribution in [1.29, 1.82) is 0 Å². The molecular weight excluding hydrogens is 336 g/mol. The van der Waals surface area contributed by atoms with Gasteiger partial charge in [0, 0.05) is 12.1 Å². The van der Waals surface area contributed by atoms with Gasteiger partial charge in [-0.05, 0) is 37.2 Å². The van der Waals surface area contributed by atoms with Crippen molar-refractivity contribution in [3.8, 4) is 5.88 Å². The van der Waals surface area contributed by atoms with Gasteiger partial charge in [0.05, 0.1) is 10.7 Å². The number of aromatic amines is 1. The minimum Gasteiger partial charge on any atom is -0.494 e. The number of fused-ring (bicyclic) bond motifs is 1. The number of nitrogens with one attached hydrogen (secondary N) is 1. The minimum absolute atomic E-state index is 0.102. The second-order valence-corrected chi connectivity index (χ2v) is 6.76. The fourth-order valence-corrected chi connectivity index (χ4v) is 3.81. The number of hydrogen-bond donors (Lipinski definition) is 2. The van der Waals surface area contributed by atoms with Crippen LogP contribution in [0.4, 0.5) is 0 Å². The number of rotatable bonds is 2. The van der Waals surface area contributed by atoms with Crippen molar-refractivity contribution in [2.24, 2.45) is 9.98 Å². The van der Waals surface area contributed by atoms with E-state index in [0.29, 0.717) is 5.82 Å². The Balaban J connectivity index is 1.83. The van der Waals surface area contributed by atoms with E-state index in [4.69, 9.17) is 12.2 Å². The summed E-state index contributed by atoms with van der Waals surface area (Å²) in [5.74, 6) is 0.295. The number of para-hydroxylation sites is 2. The molecule has 1 fully saturated rings. The molecule has 2 heterocycles. The van der Waals surface area contributed by atoms with Crippen molar-refractivity contribution in [3.63, 3.8) is 0 Å². The first kappa shape index (κ1) is 16.0. The molecule has 4 rings (SSSR count). The van der Waals surface area contributed by atoms with Gasteiger partial charge >= 0.3 is 0 Å². The number of H-pyrrole nitrogens is 1. The maximum Gasteiger partial charge on any atom is 0.262 e. The summed E-state index contributed by atoms with van der Waals surface area (Å²) in [6, 6.07) is 7.60. The predicted molar refractivity (Wildman–Crippen MR) is 96.4 cm³/mol. The summed E-state index contributed by atoms with van der Waals surface area (Å²) < 4.78 is 1.94. The van der Waals surface area contributed by atoms with Gasteiger partial charge in [-0.2, -0.15) is 0 Å². The van der Waals surface area contributed by atoms with Gasteiger partial charge in [0.25, 0.3) is 5.56 Å². The number of hydrogen-bond acceptors (Lipinski definition) is 5. The van der Waals surface area contributed by atoms with Crippen LogP contribution < -0.4 is 16.3 Å². The van der Waals surface area contributed by atoms with Crippen LogP contribution in [0.2, 0.25) is 0 Å². The molecule has 0 amide bonds. The Morgan fingerprint density at radius 2 is 1.80 bits per heavy atom. The van der Waals surface area contributed by atoms with E-state index in [2.05, 4.69) is 15.0 Å². The summed E-state index contributed by atoms with van der Waals surface area (Å²) in [6.07, 6.45) is 6.81. The Hall–Kier alpha value is -2.54. The lowest BCUT2D eigenvalue weighted by atomic mass is 9.95. The van der Waals surface area contributed by atoms with Crippen molar-refractivity contribution in [3.05, 3.63) is 61.5 Å². The number of nitrogens with zero attached hydrogens (tertiary/aromatic N) is 3. The smallest absolute Gasteiger partial charge is 0.262 e. The van der Waals surface area contributed by atoms with E-state index < -0.39 is 5.56 Å². The minimum atomic E-state index is -0.427. The lowest BCUT2D eigenvalue weighted by Gasteiger charge is -2.25. The number of aromatic hydroxyl groups is 1. The Bertz CT molecular complexity index is 1050. The molecule has 2 aliphatic rings. The predicted octanol–water partition coefficient (Wildman–Crippen LogP) is 2.37. The molecule has 0 unspecified atom stereocenters. The first-order valence-corrected chi connectivity index (χ1v) is 8.86. The molecule has 7 heteroatoms. The van der Waals surface area contributed by atoms with Gasteiger partial charge in [-0.1, -0.05) is 31.4 Å². The Morgan fingerprint density at radius 1 is 1.16 bits per heavy atom. The summed E-state index contributed by atoms with van der Waals surface area (Å²) in [6.45, 7) is 0. The van der Waals surface area contributed by atoms with Gasteiger partial charge < -0.3 is 5.11 Å². The molecule has 25 heavy (non-hydrogen) atoms. The molecular formula is C18H18N4O2S. The second kappa shape index (κ2) is 6.40. The molecule has 1 aromatic heterocycles. The molecule has 2 N–H and O–H groups in total. The highest BCUT2D eigenvalue weighted by Gasteiger charge is 2.21. The molecule has 128 valence electrons. The zero-order chi connectivity index (χ0) is 17.4. The van der Waals surface area contributed by atoms with Crippen LogP contribution in [0.15, 0.2) is 44.9 Å². The van der Waals surface area contributed by atoms with Crippen LogP contribution in [0.1, 0.15) is 43.7 Å². The Kier molecular flexibility index (Phi) is 4.09. The third kappa shape index (κ3) is 2.95. The summed E-state index contributed by atoms with van der Waals surface area (Å²) in [5, 5.41) is 12.2. The van der Waals surface area contributed by atoms with Gasteiger partial charge in [-0.15, -0.1) is 0 Å². The summed E-state index contributed by atoms with van der Waals surface area (Å²) >= 11 is 5.29. The molecule has 0 radical (unpaired) electrons. The zero-order valence-corrected chi connectivity index (χ0v) is 14.4. The van der Waals surface area contributed by atoms with Crippen molar-refractivity contribution in [1.82, 2.24) is 9.55 Å². The fraction of sp³-hybridized carbons (Fsp3) is 0.333. The van der Waals surface area contributed by atoms with E-state index in [-0.39, 0.29) is 22.3 Å². The second-order valence-electron chi connectivity index (χ2n) is 6.37. The average Bonchev–Trinajstić information content (AvgIpc) is 3.02. The molecule has 1 aliphatic carbocycles. The van der Waals surface area contributed by atoms with E-state index >= 15 is 0 Å². The quantitative estimate of drug-likeness (QED) is 0.812. The van der Waals surface area contributed by atoms with Crippen LogP contribution in [0.5, 0.6) is 5.88 Å². The molecule has 0 spiro atoms. The van der Waals surface area contributed by atoms with Gasteiger partial charge in [-0.25, -0.2) is 9.98 Å². The number of aromatic nitrogens is 2. The van der Waals surface area contributed by atoms with Gasteiger partial charge in [0.1, 0.15) is 5.56 Å². The van der Waals surface area contributed by atoms with Crippen LogP contribution >= 0.6 is 12.2 Å². The third-order valence-corrected chi connectivity index (χ3v) is 5.02. The van der Waals surface area contributed by atoms with Crippen LogP contribution in [0, 0.1) is 4.77 Å². The zero-order valence-electron chi connectivity index (χ0n) is 13.6. The largest absolute Gasteiger partial charge is 0.494 e. The fourth-order valence-electron chi connectivity index (χ4n) is 3.48. The SMILES string of the molecule is O=c1[nH]c(=S)n(C2CCCCC2)c(O)c1C=C1N=c2ccccc2=N1. The standard InChI is InChI=1S/C18H18N4O2S/c23-16-12(10-15-19-13-8-4-5-9-14(13)20-15)17(24)22(18(25)21-16)11-6-2-1-3-7-11/h4-5,8-11,24H,1-3,6-7H2,(H,21,23,25). The normalized spacial score (nSPS) is 16.9. The van der Waals surface area contributed by atoms with E-state index in [9.17, 15) is 9.90 Å². The topological polar surface area (TPSA) is 82.7 Å². The summed E-state index contributed by atoms with van der Waals surface area (Å²) in [7, 11) is 0. The van der Waals surface area contributed by atoms with Crippen LogP contribution in [0.3, 0.4) is 0 Å².